The number of carbonyl (C=O) groups excluding carboxylic acids is 4. The Morgan fingerprint density at radius 2 is 1.79 bits per heavy atom. The molecule has 3 rings (SSSR count). The Balaban J connectivity index is 1.82. The molecule has 10 heteroatoms. The van der Waals surface area contributed by atoms with Crippen molar-refractivity contribution in [2.75, 3.05) is 23.7 Å². The van der Waals surface area contributed by atoms with Gasteiger partial charge in [0.1, 0.15) is 0 Å². The summed E-state index contributed by atoms with van der Waals surface area (Å²) in [6.45, 7) is 3.13. The Morgan fingerprint density at radius 3 is 2.39 bits per heavy atom. The van der Waals surface area contributed by atoms with Crippen LogP contribution in [0.4, 0.5) is 10.5 Å². The van der Waals surface area contributed by atoms with Crippen LogP contribution in [-0.4, -0.2) is 67.2 Å². The van der Waals surface area contributed by atoms with Gasteiger partial charge in [0, 0.05) is 18.2 Å². The van der Waals surface area contributed by atoms with Crippen LogP contribution in [0, 0.1) is 0 Å². The van der Waals surface area contributed by atoms with Crippen LogP contribution in [0.2, 0.25) is 0 Å². The first kappa shape index (κ1) is 20.0. The summed E-state index contributed by atoms with van der Waals surface area (Å²) >= 11 is 0. The second kappa shape index (κ2) is 7.01. The summed E-state index contributed by atoms with van der Waals surface area (Å²) < 4.78 is 25.3. The first-order valence-corrected chi connectivity index (χ1v) is 10.7. The second-order valence-electron chi connectivity index (χ2n) is 7.01. The average Bonchev–Trinajstić information content (AvgIpc) is 3.05. The maximum atomic E-state index is 12.6. The molecule has 0 bridgehead atoms. The lowest BCUT2D eigenvalue weighted by Gasteiger charge is -2.22. The minimum atomic E-state index is -3.44. The Bertz CT molecular complexity index is 987. The molecule has 1 fully saturated rings. The zero-order chi connectivity index (χ0) is 20.8. The minimum absolute atomic E-state index is 0.117. The third kappa shape index (κ3) is 3.28. The van der Waals surface area contributed by atoms with E-state index in [-0.39, 0.29) is 18.2 Å². The van der Waals surface area contributed by atoms with Crippen molar-refractivity contribution in [3.63, 3.8) is 0 Å². The number of Topliss-reactive ketones (excluding diaryl/α,β-unsaturated/α-hetero) is 1. The number of carbonyl (C=O) groups is 4. The molecular weight excluding hydrogens is 386 g/mol. The summed E-state index contributed by atoms with van der Waals surface area (Å²) in [6, 6.07) is 3.54. The summed E-state index contributed by atoms with van der Waals surface area (Å²) in [4.78, 5) is 50.3. The van der Waals surface area contributed by atoms with E-state index in [2.05, 4.69) is 0 Å². The zero-order valence-electron chi connectivity index (χ0n) is 15.8. The molecule has 2 heterocycles. The molecule has 0 radical (unpaired) electrons. The summed E-state index contributed by atoms with van der Waals surface area (Å²) in [7, 11) is -3.44. The van der Waals surface area contributed by atoms with Crippen molar-refractivity contribution in [3.05, 3.63) is 29.3 Å². The largest absolute Gasteiger partial charge is 0.334 e. The quantitative estimate of drug-likeness (QED) is 0.391. The van der Waals surface area contributed by atoms with E-state index in [1.807, 2.05) is 0 Å². The molecular formula is C18H21N3O6S. The molecule has 28 heavy (non-hydrogen) atoms. The van der Waals surface area contributed by atoms with E-state index in [1.54, 1.807) is 26.0 Å². The van der Waals surface area contributed by atoms with Gasteiger partial charge in [-0.2, -0.15) is 0 Å². The van der Waals surface area contributed by atoms with E-state index < -0.39 is 40.2 Å². The van der Waals surface area contributed by atoms with Crippen LogP contribution in [0.15, 0.2) is 18.2 Å². The number of anilines is 1. The molecule has 0 saturated carbocycles. The van der Waals surface area contributed by atoms with Gasteiger partial charge < -0.3 is 0 Å². The van der Waals surface area contributed by atoms with Crippen LogP contribution < -0.4 is 4.31 Å². The molecule has 0 unspecified atom stereocenters. The van der Waals surface area contributed by atoms with E-state index in [0.29, 0.717) is 29.0 Å². The lowest BCUT2D eigenvalue weighted by molar-refractivity contribution is -0.143. The van der Waals surface area contributed by atoms with E-state index in [9.17, 15) is 27.6 Å². The number of ketones is 1. The second-order valence-corrected chi connectivity index (χ2v) is 8.87. The molecule has 150 valence electrons. The Kier molecular flexibility index (Phi) is 5.00. The Labute approximate surface area is 162 Å². The third-order valence-corrected chi connectivity index (χ3v) is 6.07. The average molecular weight is 407 g/mol. The van der Waals surface area contributed by atoms with Gasteiger partial charge in [0.05, 0.1) is 18.5 Å². The standard InChI is InChI=1S/C18H21N3O6S/c1-4-7-19-16(23)17(24)20(18(19)25)10-15(22)12-5-6-14-13(9-12)8-11(2)21(14)28(3,26)27/h5-6,9,11H,4,7-8,10H2,1-3H3/t11-/m1/s1. The van der Waals surface area contributed by atoms with Crippen LogP contribution in [0.1, 0.15) is 36.2 Å². The molecule has 0 spiro atoms. The zero-order valence-corrected chi connectivity index (χ0v) is 16.7. The number of hydrogen-bond acceptors (Lipinski definition) is 6. The van der Waals surface area contributed by atoms with Crippen molar-refractivity contribution in [1.29, 1.82) is 0 Å². The van der Waals surface area contributed by atoms with E-state index in [4.69, 9.17) is 0 Å². The molecule has 1 saturated heterocycles. The highest BCUT2D eigenvalue weighted by Gasteiger charge is 2.44. The fourth-order valence-electron chi connectivity index (χ4n) is 3.63. The lowest BCUT2D eigenvalue weighted by atomic mass is 10.0. The van der Waals surface area contributed by atoms with E-state index >= 15 is 0 Å². The highest BCUT2D eigenvalue weighted by molar-refractivity contribution is 7.92. The van der Waals surface area contributed by atoms with Gasteiger partial charge in [0.25, 0.3) is 0 Å². The number of fused-ring (bicyclic) bond motifs is 1. The van der Waals surface area contributed by atoms with Crippen LogP contribution >= 0.6 is 0 Å². The number of amides is 4. The molecule has 0 aromatic heterocycles. The fraction of sp³-hybridized carbons (Fsp3) is 0.444. The van der Waals surface area contributed by atoms with Gasteiger partial charge in [-0.25, -0.2) is 18.1 Å². The van der Waals surface area contributed by atoms with Gasteiger partial charge in [-0.3, -0.25) is 23.6 Å². The molecule has 1 aromatic rings. The van der Waals surface area contributed by atoms with Crippen molar-refractivity contribution in [3.8, 4) is 0 Å². The normalized spacial score (nSPS) is 19.6. The van der Waals surface area contributed by atoms with Crippen molar-refractivity contribution in [2.45, 2.75) is 32.7 Å². The van der Waals surface area contributed by atoms with Crippen molar-refractivity contribution in [2.24, 2.45) is 0 Å². The van der Waals surface area contributed by atoms with E-state index in [1.165, 1.54) is 10.4 Å². The van der Waals surface area contributed by atoms with Gasteiger partial charge in [-0.1, -0.05) is 6.92 Å². The van der Waals surface area contributed by atoms with Crippen LogP contribution in [-0.2, 0) is 26.0 Å². The maximum absolute atomic E-state index is 12.6. The fourth-order valence-corrected chi connectivity index (χ4v) is 4.89. The first-order valence-electron chi connectivity index (χ1n) is 8.89. The van der Waals surface area contributed by atoms with Crippen LogP contribution in [0.25, 0.3) is 0 Å². The van der Waals surface area contributed by atoms with Gasteiger partial charge in [0.2, 0.25) is 10.0 Å². The van der Waals surface area contributed by atoms with Gasteiger partial charge >= 0.3 is 17.8 Å². The summed E-state index contributed by atoms with van der Waals surface area (Å²) in [5, 5.41) is 0. The monoisotopic (exact) mass is 407 g/mol. The van der Waals surface area contributed by atoms with Crippen molar-refractivity contribution < 1.29 is 27.6 Å². The van der Waals surface area contributed by atoms with Gasteiger partial charge in [0.15, 0.2) is 5.78 Å². The highest BCUT2D eigenvalue weighted by Crippen LogP contribution is 2.34. The predicted molar refractivity (Wildman–Crippen MR) is 100 cm³/mol. The van der Waals surface area contributed by atoms with Crippen LogP contribution in [0.5, 0.6) is 0 Å². The molecule has 4 amide bonds. The smallest absolute Gasteiger partial charge is 0.292 e. The highest BCUT2D eigenvalue weighted by atomic mass is 32.2. The van der Waals surface area contributed by atoms with Crippen molar-refractivity contribution >= 4 is 39.3 Å². The molecule has 9 nitrogen and oxygen atoms in total. The SMILES string of the molecule is CCCN1C(=O)C(=O)N(CC(=O)c2ccc3c(c2)C[C@@H](C)N3S(C)(=O)=O)C1=O. The number of benzene rings is 1. The van der Waals surface area contributed by atoms with Gasteiger partial charge in [-0.05, 0) is 43.5 Å². The Morgan fingerprint density at radius 1 is 1.14 bits per heavy atom. The third-order valence-electron chi connectivity index (χ3n) is 4.80. The number of imide groups is 2. The summed E-state index contributed by atoms with van der Waals surface area (Å²) in [5.41, 5.74) is 1.47. The van der Waals surface area contributed by atoms with Crippen LogP contribution in [0.3, 0.4) is 0 Å². The van der Waals surface area contributed by atoms with Gasteiger partial charge in [-0.15, -0.1) is 0 Å². The van der Waals surface area contributed by atoms with E-state index in [0.717, 1.165) is 11.2 Å². The maximum Gasteiger partial charge on any atom is 0.334 e. The molecule has 1 aromatic carbocycles. The summed E-state index contributed by atoms with van der Waals surface area (Å²) in [5.74, 6) is -2.43. The Hall–Kier alpha value is -2.75. The number of rotatable bonds is 6. The lowest BCUT2D eigenvalue weighted by Crippen LogP contribution is -2.37. The summed E-state index contributed by atoms with van der Waals surface area (Å²) in [6.07, 6.45) is 2.08. The number of hydrogen-bond donors (Lipinski definition) is 0. The number of urea groups is 1. The molecule has 0 aliphatic carbocycles. The molecule has 2 aliphatic rings. The molecule has 1 atom stereocenters. The predicted octanol–water partition coefficient (Wildman–Crippen LogP) is 0.781. The minimum Gasteiger partial charge on any atom is -0.292 e. The first-order chi connectivity index (χ1) is 13.1. The molecule has 0 N–H and O–H groups in total. The number of sulfonamides is 1. The van der Waals surface area contributed by atoms with Crippen molar-refractivity contribution in [1.82, 2.24) is 9.80 Å². The number of nitrogens with zero attached hydrogens (tertiary/aromatic N) is 3. The molecule has 2 aliphatic heterocycles. The topological polar surface area (TPSA) is 112 Å².